The quantitative estimate of drug-likeness (QED) is 0.340. The van der Waals surface area contributed by atoms with Crippen molar-refractivity contribution in [2.24, 2.45) is 0 Å². The molecule has 0 unspecified atom stereocenters. The predicted octanol–water partition coefficient (Wildman–Crippen LogP) is 6.19. The molecule has 4 nitrogen and oxygen atoms in total. The Morgan fingerprint density at radius 1 is 1.00 bits per heavy atom. The largest absolute Gasteiger partial charge is 0.494 e. The highest BCUT2D eigenvalue weighted by molar-refractivity contribution is 7.13. The van der Waals surface area contributed by atoms with Crippen molar-refractivity contribution in [2.75, 3.05) is 31.6 Å². The number of aromatic nitrogens is 1. The molecule has 0 aliphatic heterocycles. The molecule has 1 N–H and O–H groups in total. The first kappa shape index (κ1) is 21.6. The molecule has 156 valence electrons. The van der Waals surface area contributed by atoms with Gasteiger partial charge >= 0.3 is 0 Å². The molecule has 0 spiro atoms. The molecule has 0 atom stereocenters. The Hall–Kier alpha value is -2.11. The number of benzene rings is 2. The van der Waals surface area contributed by atoms with E-state index in [0.29, 0.717) is 6.61 Å². The molecule has 0 radical (unpaired) electrons. The van der Waals surface area contributed by atoms with E-state index in [1.165, 1.54) is 41.5 Å². The van der Waals surface area contributed by atoms with Crippen molar-refractivity contribution in [3.8, 4) is 5.75 Å². The third-order valence-corrected chi connectivity index (χ3v) is 5.76. The van der Waals surface area contributed by atoms with Crippen LogP contribution in [0.15, 0.2) is 48.5 Å². The number of hydrogen-bond acceptors (Lipinski definition) is 5. The smallest absolute Gasteiger partial charge is 0.147 e. The van der Waals surface area contributed by atoms with Crippen LogP contribution >= 0.6 is 11.5 Å². The molecule has 0 bridgehead atoms. The third-order valence-electron chi connectivity index (χ3n) is 4.93. The summed E-state index contributed by atoms with van der Waals surface area (Å²) in [6.07, 6.45) is 4.64. The summed E-state index contributed by atoms with van der Waals surface area (Å²) >= 11 is 1.54. The van der Waals surface area contributed by atoms with Crippen LogP contribution in [-0.2, 0) is 6.54 Å². The number of anilines is 1. The van der Waals surface area contributed by atoms with E-state index in [-0.39, 0.29) is 0 Å². The Morgan fingerprint density at radius 2 is 1.90 bits per heavy atom. The molecule has 0 amide bonds. The van der Waals surface area contributed by atoms with Crippen molar-refractivity contribution in [1.29, 1.82) is 0 Å². The van der Waals surface area contributed by atoms with Gasteiger partial charge in [0.1, 0.15) is 11.6 Å². The zero-order valence-electron chi connectivity index (χ0n) is 17.7. The summed E-state index contributed by atoms with van der Waals surface area (Å²) < 4.78 is 11.7. The summed E-state index contributed by atoms with van der Waals surface area (Å²) in [6, 6.07) is 16.9. The molecular weight excluding hydrogens is 378 g/mol. The fourth-order valence-corrected chi connectivity index (χ4v) is 4.20. The van der Waals surface area contributed by atoms with E-state index in [4.69, 9.17) is 4.74 Å². The number of nitrogens with one attached hydrogen (secondary N) is 1. The highest BCUT2D eigenvalue weighted by Gasteiger charge is 2.06. The molecule has 5 heteroatoms. The second kappa shape index (κ2) is 11.8. The van der Waals surface area contributed by atoms with Crippen LogP contribution in [-0.4, -0.2) is 35.5 Å². The van der Waals surface area contributed by atoms with Crippen molar-refractivity contribution in [3.05, 3.63) is 54.1 Å². The van der Waals surface area contributed by atoms with Crippen molar-refractivity contribution in [3.63, 3.8) is 0 Å². The average Bonchev–Trinajstić information content (AvgIpc) is 3.15. The first-order chi connectivity index (χ1) is 14.3. The Morgan fingerprint density at radius 3 is 2.76 bits per heavy atom. The van der Waals surface area contributed by atoms with Crippen LogP contribution in [0.2, 0.25) is 0 Å². The van der Waals surface area contributed by atoms with E-state index in [0.717, 1.165) is 37.6 Å². The van der Waals surface area contributed by atoms with Gasteiger partial charge < -0.3 is 10.1 Å². The minimum absolute atomic E-state index is 0.701. The number of unbranched alkanes of at least 4 members (excludes halogenated alkanes) is 1. The lowest BCUT2D eigenvalue weighted by atomic mass is 10.2. The van der Waals surface area contributed by atoms with Crippen LogP contribution in [0, 0.1) is 0 Å². The first-order valence-electron chi connectivity index (χ1n) is 10.8. The van der Waals surface area contributed by atoms with Gasteiger partial charge in [-0.1, -0.05) is 44.5 Å². The molecule has 0 saturated carbocycles. The average molecular weight is 412 g/mol. The maximum atomic E-state index is 6.00. The fraction of sp³-hybridized carbons (Fsp3) is 0.458. The Labute approximate surface area is 179 Å². The molecule has 0 aliphatic rings. The maximum absolute atomic E-state index is 6.00. The van der Waals surface area contributed by atoms with Crippen LogP contribution in [0.4, 0.5) is 5.82 Å². The molecule has 2 aromatic carbocycles. The minimum Gasteiger partial charge on any atom is -0.494 e. The summed E-state index contributed by atoms with van der Waals surface area (Å²) in [5, 5.41) is 4.64. The van der Waals surface area contributed by atoms with Crippen molar-refractivity contribution >= 4 is 27.4 Å². The summed E-state index contributed by atoms with van der Waals surface area (Å²) in [5.74, 6) is 1.95. The summed E-state index contributed by atoms with van der Waals surface area (Å²) in [6.45, 7) is 9.39. The lowest BCUT2D eigenvalue weighted by molar-refractivity contribution is 0.260. The van der Waals surface area contributed by atoms with Crippen molar-refractivity contribution in [1.82, 2.24) is 9.27 Å². The van der Waals surface area contributed by atoms with Gasteiger partial charge in [-0.25, -0.2) is 0 Å². The zero-order valence-corrected chi connectivity index (χ0v) is 18.5. The fourth-order valence-electron chi connectivity index (χ4n) is 3.44. The van der Waals surface area contributed by atoms with Gasteiger partial charge in [-0.3, -0.25) is 4.90 Å². The van der Waals surface area contributed by atoms with Gasteiger partial charge in [-0.15, -0.1) is 0 Å². The Bertz CT molecular complexity index is 864. The van der Waals surface area contributed by atoms with Crippen LogP contribution in [0.5, 0.6) is 5.75 Å². The van der Waals surface area contributed by atoms with Crippen molar-refractivity contribution in [2.45, 2.75) is 46.1 Å². The summed E-state index contributed by atoms with van der Waals surface area (Å²) in [5.41, 5.74) is 1.33. The second-order valence-electron chi connectivity index (χ2n) is 7.43. The van der Waals surface area contributed by atoms with Crippen LogP contribution < -0.4 is 10.1 Å². The molecular formula is C24H33N3OS. The normalized spacial score (nSPS) is 11.3. The highest BCUT2D eigenvalue weighted by atomic mass is 32.1. The van der Waals surface area contributed by atoms with Gasteiger partial charge in [-0.2, -0.15) is 4.37 Å². The van der Waals surface area contributed by atoms with E-state index in [2.05, 4.69) is 77.0 Å². The summed E-state index contributed by atoms with van der Waals surface area (Å²) in [4.78, 5) is 2.55. The van der Waals surface area contributed by atoms with E-state index in [1.54, 1.807) is 11.5 Å². The maximum Gasteiger partial charge on any atom is 0.147 e. The highest BCUT2D eigenvalue weighted by Crippen LogP contribution is 2.26. The predicted molar refractivity (Wildman–Crippen MR) is 125 cm³/mol. The number of ether oxygens (including phenoxy) is 1. The monoisotopic (exact) mass is 411 g/mol. The molecule has 1 aromatic heterocycles. The molecule has 0 saturated heterocycles. The molecule has 0 fully saturated rings. The Kier molecular flexibility index (Phi) is 8.78. The zero-order chi connectivity index (χ0) is 20.3. The van der Waals surface area contributed by atoms with E-state index in [9.17, 15) is 0 Å². The lowest BCUT2D eigenvalue weighted by Gasteiger charge is -2.21. The Balaban J connectivity index is 1.43. The molecule has 3 aromatic rings. The molecule has 3 rings (SSSR count). The van der Waals surface area contributed by atoms with Gasteiger partial charge in [0.25, 0.3) is 0 Å². The van der Waals surface area contributed by atoms with Gasteiger partial charge in [-0.05, 0) is 73.7 Å². The number of fused-ring (bicyclic) bond motifs is 1. The molecule has 1 heterocycles. The summed E-state index contributed by atoms with van der Waals surface area (Å²) in [7, 11) is 0. The van der Waals surface area contributed by atoms with Gasteiger partial charge in [0.2, 0.25) is 0 Å². The van der Waals surface area contributed by atoms with Crippen LogP contribution in [0.3, 0.4) is 0 Å². The molecule has 0 aliphatic carbocycles. The van der Waals surface area contributed by atoms with Crippen LogP contribution in [0.1, 0.15) is 45.1 Å². The topological polar surface area (TPSA) is 37.4 Å². The van der Waals surface area contributed by atoms with Gasteiger partial charge in [0.05, 0.1) is 11.3 Å². The number of hydrogen-bond donors (Lipinski definition) is 1. The third kappa shape index (κ3) is 6.72. The number of nitrogens with zero attached hydrogens (tertiary/aromatic N) is 2. The van der Waals surface area contributed by atoms with Gasteiger partial charge in [0, 0.05) is 18.5 Å². The SMILES string of the molecule is CCCCN(CCC)Cc1cccc(OCCCNc2nsc3ccccc23)c1. The first-order valence-corrected chi connectivity index (χ1v) is 11.6. The van der Waals surface area contributed by atoms with E-state index < -0.39 is 0 Å². The van der Waals surface area contributed by atoms with E-state index >= 15 is 0 Å². The van der Waals surface area contributed by atoms with Gasteiger partial charge in [0.15, 0.2) is 0 Å². The van der Waals surface area contributed by atoms with Crippen molar-refractivity contribution < 1.29 is 4.74 Å². The number of rotatable bonds is 13. The lowest BCUT2D eigenvalue weighted by Crippen LogP contribution is -2.25. The molecule has 29 heavy (non-hydrogen) atoms. The van der Waals surface area contributed by atoms with E-state index in [1.807, 2.05) is 0 Å². The minimum atomic E-state index is 0.701. The van der Waals surface area contributed by atoms with Crippen LogP contribution in [0.25, 0.3) is 10.1 Å². The second-order valence-corrected chi connectivity index (χ2v) is 8.24. The standard InChI is InChI=1S/C24H33N3OS/c1-3-5-16-27(15-4-2)19-20-10-8-11-21(18-20)28-17-9-14-25-24-22-12-6-7-13-23(22)29-26-24/h6-8,10-13,18H,3-5,9,14-17,19H2,1-2H3,(H,25,26).